The molecule has 0 unspecified atom stereocenters. The summed E-state index contributed by atoms with van der Waals surface area (Å²) in [6.07, 6.45) is 0. The first kappa shape index (κ1) is 21.9. The standard InChI is InChI=1S/C25H30ClN3O2/c1-16-13-17(2)23-18(3)24(31-22(23)14-16)25(30)27-15-21(19-5-7-20(26)8-6-19)29-11-9-28(4)10-12-29/h5-8,13-14,21H,9-12,15H2,1-4H3,(H,27,30)/t21-/m0/s1. The quantitative estimate of drug-likeness (QED) is 0.624. The number of nitrogens with one attached hydrogen (secondary N) is 1. The van der Waals surface area contributed by atoms with E-state index in [9.17, 15) is 4.79 Å². The van der Waals surface area contributed by atoms with Gasteiger partial charge in [0, 0.05) is 48.7 Å². The molecule has 1 atom stereocenters. The fraction of sp³-hybridized carbons (Fsp3) is 0.400. The lowest BCUT2D eigenvalue weighted by Crippen LogP contribution is -2.48. The van der Waals surface area contributed by atoms with Gasteiger partial charge in [0.05, 0.1) is 6.04 Å². The molecule has 1 aliphatic rings. The van der Waals surface area contributed by atoms with Crippen LogP contribution in [0.3, 0.4) is 0 Å². The number of fused-ring (bicyclic) bond motifs is 1. The first-order valence-corrected chi connectivity index (χ1v) is 11.2. The van der Waals surface area contributed by atoms with E-state index in [1.165, 1.54) is 0 Å². The summed E-state index contributed by atoms with van der Waals surface area (Å²) in [7, 11) is 2.14. The molecule has 0 radical (unpaired) electrons. The largest absolute Gasteiger partial charge is 0.451 e. The van der Waals surface area contributed by atoms with E-state index in [1.54, 1.807) is 0 Å². The Morgan fingerprint density at radius 3 is 2.45 bits per heavy atom. The van der Waals surface area contributed by atoms with Crippen molar-refractivity contribution in [3.05, 3.63) is 69.4 Å². The molecule has 0 aliphatic carbocycles. The van der Waals surface area contributed by atoms with Gasteiger partial charge in [0.25, 0.3) is 5.91 Å². The Hall–Kier alpha value is -2.34. The molecule has 1 aromatic heterocycles. The van der Waals surface area contributed by atoms with E-state index in [2.05, 4.69) is 47.3 Å². The lowest BCUT2D eigenvalue weighted by atomic mass is 10.0. The van der Waals surface area contributed by atoms with Crippen molar-refractivity contribution >= 4 is 28.5 Å². The van der Waals surface area contributed by atoms with E-state index in [4.69, 9.17) is 16.0 Å². The summed E-state index contributed by atoms with van der Waals surface area (Å²) in [5, 5.41) is 4.88. The first-order chi connectivity index (χ1) is 14.8. The smallest absolute Gasteiger partial charge is 0.287 e. The van der Waals surface area contributed by atoms with Crippen molar-refractivity contribution in [2.24, 2.45) is 0 Å². The Labute approximate surface area is 189 Å². The number of carbonyl (C=O) groups is 1. The average molecular weight is 440 g/mol. The zero-order valence-corrected chi connectivity index (χ0v) is 19.4. The third kappa shape index (κ3) is 4.64. The lowest BCUT2D eigenvalue weighted by Gasteiger charge is -2.38. The Bertz CT molecular complexity index is 1080. The van der Waals surface area contributed by atoms with Gasteiger partial charge in [-0.05, 0) is 62.7 Å². The molecule has 0 saturated carbocycles. The van der Waals surface area contributed by atoms with Crippen LogP contribution in [0.1, 0.15) is 38.9 Å². The fourth-order valence-corrected chi connectivity index (χ4v) is 4.68. The third-order valence-electron chi connectivity index (χ3n) is 6.27. The summed E-state index contributed by atoms with van der Waals surface area (Å²) in [4.78, 5) is 17.9. The Balaban J connectivity index is 1.56. The molecule has 5 nitrogen and oxygen atoms in total. The topological polar surface area (TPSA) is 48.7 Å². The summed E-state index contributed by atoms with van der Waals surface area (Å²) in [6, 6.07) is 12.1. The number of aryl methyl sites for hydroxylation is 3. The van der Waals surface area contributed by atoms with Crippen molar-refractivity contribution in [3.8, 4) is 0 Å². The van der Waals surface area contributed by atoms with Crippen molar-refractivity contribution in [1.82, 2.24) is 15.1 Å². The molecular weight excluding hydrogens is 410 g/mol. The number of hydrogen-bond acceptors (Lipinski definition) is 4. The SMILES string of the molecule is Cc1cc(C)c2c(C)c(C(=O)NC[C@@H](c3ccc(Cl)cc3)N3CCN(C)CC3)oc2c1. The van der Waals surface area contributed by atoms with Gasteiger partial charge in [0.1, 0.15) is 5.58 Å². The Kier molecular flexibility index (Phi) is 6.37. The lowest BCUT2D eigenvalue weighted by molar-refractivity contribution is 0.0864. The van der Waals surface area contributed by atoms with Gasteiger partial charge in [-0.2, -0.15) is 0 Å². The number of nitrogens with zero attached hydrogens (tertiary/aromatic N) is 2. The fourth-order valence-electron chi connectivity index (χ4n) is 4.55. The van der Waals surface area contributed by atoms with E-state index >= 15 is 0 Å². The van der Waals surface area contributed by atoms with Crippen LogP contribution in [0, 0.1) is 20.8 Å². The van der Waals surface area contributed by atoms with Crippen molar-refractivity contribution in [3.63, 3.8) is 0 Å². The van der Waals surface area contributed by atoms with E-state index in [-0.39, 0.29) is 11.9 Å². The van der Waals surface area contributed by atoms with Crippen LogP contribution in [-0.4, -0.2) is 55.5 Å². The second kappa shape index (κ2) is 9.03. The Morgan fingerprint density at radius 1 is 1.10 bits per heavy atom. The highest BCUT2D eigenvalue weighted by Crippen LogP contribution is 2.30. The molecule has 1 N–H and O–H groups in total. The summed E-state index contributed by atoms with van der Waals surface area (Å²) in [5.41, 5.74) is 5.08. The van der Waals surface area contributed by atoms with Crippen LogP contribution in [0.25, 0.3) is 11.0 Å². The van der Waals surface area contributed by atoms with E-state index in [0.29, 0.717) is 17.3 Å². The molecule has 1 saturated heterocycles. The molecule has 164 valence electrons. The van der Waals surface area contributed by atoms with Gasteiger partial charge in [-0.3, -0.25) is 9.69 Å². The highest BCUT2D eigenvalue weighted by atomic mass is 35.5. The van der Waals surface area contributed by atoms with Gasteiger partial charge in [0.2, 0.25) is 0 Å². The van der Waals surface area contributed by atoms with E-state index in [0.717, 1.165) is 59.4 Å². The zero-order valence-electron chi connectivity index (χ0n) is 18.7. The maximum atomic E-state index is 13.1. The second-order valence-electron chi connectivity index (χ2n) is 8.63. The molecule has 0 bridgehead atoms. The van der Waals surface area contributed by atoms with Crippen molar-refractivity contribution in [2.75, 3.05) is 39.8 Å². The summed E-state index contributed by atoms with van der Waals surface area (Å²) in [6.45, 7) is 10.5. The third-order valence-corrected chi connectivity index (χ3v) is 6.52. The summed E-state index contributed by atoms with van der Waals surface area (Å²) in [5.74, 6) is 0.232. The Morgan fingerprint density at radius 2 is 1.77 bits per heavy atom. The molecule has 2 heterocycles. The highest BCUT2D eigenvalue weighted by Gasteiger charge is 2.26. The molecule has 2 aromatic carbocycles. The molecule has 3 aromatic rings. The van der Waals surface area contributed by atoms with Gasteiger partial charge in [-0.1, -0.05) is 29.8 Å². The number of carbonyl (C=O) groups excluding carboxylic acids is 1. The minimum atomic E-state index is -0.168. The van der Waals surface area contributed by atoms with Crippen molar-refractivity contribution in [1.29, 1.82) is 0 Å². The molecule has 1 fully saturated rings. The molecule has 1 amide bonds. The number of furan rings is 1. The van der Waals surface area contributed by atoms with Gasteiger partial charge < -0.3 is 14.6 Å². The number of likely N-dealkylation sites (N-methyl/N-ethyl adjacent to an activating group) is 1. The van der Waals surface area contributed by atoms with Crippen LogP contribution in [-0.2, 0) is 0 Å². The average Bonchev–Trinajstić information content (AvgIpc) is 3.07. The number of rotatable bonds is 5. The van der Waals surface area contributed by atoms with Gasteiger partial charge in [-0.15, -0.1) is 0 Å². The van der Waals surface area contributed by atoms with Gasteiger partial charge >= 0.3 is 0 Å². The zero-order chi connectivity index (χ0) is 22.1. The van der Waals surface area contributed by atoms with Crippen LogP contribution in [0.15, 0.2) is 40.8 Å². The monoisotopic (exact) mass is 439 g/mol. The molecule has 31 heavy (non-hydrogen) atoms. The highest BCUT2D eigenvalue weighted by molar-refractivity contribution is 6.30. The molecule has 4 rings (SSSR count). The van der Waals surface area contributed by atoms with Crippen LogP contribution in [0.2, 0.25) is 5.02 Å². The van der Waals surface area contributed by atoms with Crippen LogP contribution in [0.5, 0.6) is 0 Å². The number of hydrogen-bond donors (Lipinski definition) is 1. The predicted molar refractivity (Wildman–Crippen MR) is 126 cm³/mol. The maximum absolute atomic E-state index is 13.1. The van der Waals surface area contributed by atoms with E-state index < -0.39 is 0 Å². The molecule has 0 spiro atoms. The van der Waals surface area contributed by atoms with E-state index in [1.807, 2.05) is 32.0 Å². The normalized spacial score (nSPS) is 16.5. The van der Waals surface area contributed by atoms with Crippen LogP contribution >= 0.6 is 11.6 Å². The van der Waals surface area contributed by atoms with Crippen LogP contribution in [0.4, 0.5) is 0 Å². The minimum Gasteiger partial charge on any atom is -0.451 e. The second-order valence-corrected chi connectivity index (χ2v) is 9.06. The van der Waals surface area contributed by atoms with Crippen molar-refractivity contribution < 1.29 is 9.21 Å². The summed E-state index contributed by atoms with van der Waals surface area (Å²) >= 11 is 6.11. The van der Waals surface area contributed by atoms with Crippen molar-refractivity contribution in [2.45, 2.75) is 26.8 Å². The number of benzene rings is 2. The number of amides is 1. The number of piperazine rings is 1. The molecular formula is C25H30ClN3O2. The van der Waals surface area contributed by atoms with Gasteiger partial charge in [0.15, 0.2) is 5.76 Å². The first-order valence-electron chi connectivity index (χ1n) is 10.8. The predicted octanol–water partition coefficient (Wildman–Crippen LogP) is 4.73. The maximum Gasteiger partial charge on any atom is 0.287 e. The summed E-state index contributed by atoms with van der Waals surface area (Å²) < 4.78 is 5.99. The minimum absolute atomic E-state index is 0.0866. The molecule has 1 aliphatic heterocycles. The van der Waals surface area contributed by atoms with Crippen LogP contribution < -0.4 is 5.32 Å². The molecule has 6 heteroatoms. The number of halogens is 1. The van der Waals surface area contributed by atoms with Gasteiger partial charge in [-0.25, -0.2) is 0 Å².